The van der Waals surface area contributed by atoms with Crippen LogP contribution >= 0.6 is 27.7 Å². The number of ketones is 1. The van der Waals surface area contributed by atoms with Crippen LogP contribution < -0.4 is 5.11 Å². The van der Waals surface area contributed by atoms with E-state index < -0.39 is 5.97 Å². The van der Waals surface area contributed by atoms with Gasteiger partial charge in [0.2, 0.25) is 5.78 Å². The third-order valence-corrected chi connectivity index (χ3v) is 5.53. The highest BCUT2D eigenvalue weighted by atomic mass is 79.9. The van der Waals surface area contributed by atoms with Crippen LogP contribution in [-0.4, -0.2) is 11.8 Å². The minimum absolute atomic E-state index is 0.0339. The number of halogens is 1. The van der Waals surface area contributed by atoms with E-state index in [9.17, 15) is 14.7 Å². The summed E-state index contributed by atoms with van der Waals surface area (Å²) in [6.07, 6.45) is 1.67. The Balaban J connectivity index is 1.69. The number of hydrogen-bond acceptors (Lipinski definition) is 5. The quantitative estimate of drug-likeness (QED) is 0.581. The van der Waals surface area contributed by atoms with E-state index in [1.807, 2.05) is 18.2 Å². The molecule has 1 aliphatic rings. The van der Waals surface area contributed by atoms with Gasteiger partial charge in [-0.3, -0.25) is 4.79 Å². The maximum absolute atomic E-state index is 12.4. The SMILES string of the molecule is O=C1/C(=C/c2ccc(-c3ccc(Br)cc3C(=O)[O-])o2)Sc2ccccc21. The van der Waals surface area contributed by atoms with Gasteiger partial charge >= 0.3 is 0 Å². The molecule has 2 aromatic carbocycles. The van der Waals surface area contributed by atoms with Crippen LogP contribution in [0.4, 0.5) is 0 Å². The first-order valence-electron chi connectivity index (χ1n) is 7.67. The highest BCUT2D eigenvalue weighted by Gasteiger charge is 2.25. The third kappa shape index (κ3) is 3.02. The first-order chi connectivity index (χ1) is 12.5. The number of thioether (sulfide) groups is 1. The lowest BCUT2D eigenvalue weighted by molar-refractivity contribution is -0.254. The van der Waals surface area contributed by atoms with Gasteiger partial charge in [0.1, 0.15) is 11.5 Å². The summed E-state index contributed by atoms with van der Waals surface area (Å²) in [5, 5.41) is 11.4. The molecule has 0 N–H and O–H groups in total. The molecule has 4 rings (SSSR count). The Kier molecular flexibility index (Phi) is 4.30. The van der Waals surface area contributed by atoms with Gasteiger partial charge in [-0.05, 0) is 48.5 Å². The molecule has 6 heteroatoms. The Morgan fingerprint density at radius 1 is 1.08 bits per heavy atom. The maximum Gasteiger partial charge on any atom is 0.200 e. The van der Waals surface area contributed by atoms with Gasteiger partial charge in [-0.25, -0.2) is 0 Å². The molecule has 0 fully saturated rings. The fourth-order valence-electron chi connectivity index (χ4n) is 2.74. The second-order valence-electron chi connectivity index (χ2n) is 5.62. The Bertz CT molecular complexity index is 1080. The smallest absolute Gasteiger partial charge is 0.200 e. The van der Waals surface area contributed by atoms with Gasteiger partial charge in [0.25, 0.3) is 0 Å². The van der Waals surface area contributed by atoms with Crippen LogP contribution in [0.3, 0.4) is 0 Å². The molecular formula is C20H10BrO4S-. The number of allylic oxidation sites excluding steroid dienone is 1. The first-order valence-corrected chi connectivity index (χ1v) is 9.28. The molecule has 0 amide bonds. The van der Waals surface area contributed by atoms with Crippen molar-refractivity contribution in [3.63, 3.8) is 0 Å². The molecule has 0 atom stereocenters. The lowest BCUT2D eigenvalue weighted by Gasteiger charge is -2.08. The van der Waals surface area contributed by atoms with Crippen molar-refractivity contribution in [1.29, 1.82) is 0 Å². The fraction of sp³-hybridized carbons (Fsp3) is 0. The molecule has 0 bridgehead atoms. The summed E-state index contributed by atoms with van der Waals surface area (Å²) in [6, 6.07) is 15.7. The Morgan fingerprint density at radius 3 is 2.65 bits per heavy atom. The van der Waals surface area contributed by atoms with Gasteiger partial charge in [0, 0.05) is 26.1 Å². The molecule has 0 saturated carbocycles. The third-order valence-electron chi connectivity index (χ3n) is 3.94. The highest BCUT2D eigenvalue weighted by Crippen LogP contribution is 2.41. The molecule has 26 heavy (non-hydrogen) atoms. The van der Waals surface area contributed by atoms with E-state index >= 15 is 0 Å². The number of carbonyl (C=O) groups excluding carboxylic acids is 2. The van der Waals surface area contributed by atoms with Gasteiger partial charge in [-0.2, -0.15) is 0 Å². The molecule has 128 valence electrons. The van der Waals surface area contributed by atoms with Gasteiger partial charge in [-0.15, -0.1) is 0 Å². The lowest BCUT2D eigenvalue weighted by atomic mass is 10.1. The Morgan fingerprint density at radius 2 is 1.88 bits per heavy atom. The van der Waals surface area contributed by atoms with E-state index in [-0.39, 0.29) is 11.3 Å². The normalized spacial score (nSPS) is 14.7. The number of carboxylic acids is 1. The van der Waals surface area contributed by atoms with E-state index in [1.165, 1.54) is 17.8 Å². The fourth-order valence-corrected chi connectivity index (χ4v) is 4.13. The highest BCUT2D eigenvalue weighted by molar-refractivity contribution is 9.10. The monoisotopic (exact) mass is 425 g/mol. The molecule has 4 nitrogen and oxygen atoms in total. The summed E-state index contributed by atoms with van der Waals surface area (Å²) in [4.78, 5) is 25.3. The van der Waals surface area contributed by atoms with Crippen molar-refractivity contribution in [3.8, 4) is 11.3 Å². The average molecular weight is 426 g/mol. The van der Waals surface area contributed by atoms with Gasteiger partial charge in [-0.1, -0.05) is 39.8 Å². The van der Waals surface area contributed by atoms with Crippen LogP contribution in [-0.2, 0) is 0 Å². The van der Waals surface area contributed by atoms with Crippen molar-refractivity contribution < 1.29 is 19.1 Å². The second kappa shape index (κ2) is 6.63. The predicted octanol–water partition coefficient (Wildman–Crippen LogP) is 4.40. The summed E-state index contributed by atoms with van der Waals surface area (Å²) >= 11 is 4.65. The number of hydrogen-bond donors (Lipinski definition) is 0. The van der Waals surface area contributed by atoms with Crippen LogP contribution in [0.2, 0.25) is 0 Å². The zero-order valence-electron chi connectivity index (χ0n) is 13.2. The molecule has 0 aliphatic carbocycles. The Labute approximate surface area is 161 Å². The average Bonchev–Trinajstić information content (AvgIpc) is 3.21. The lowest BCUT2D eigenvalue weighted by Crippen LogP contribution is -2.23. The first kappa shape index (κ1) is 16.9. The van der Waals surface area contributed by atoms with Crippen LogP contribution in [0.1, 0.15) is 26.5 Å². The van der Waals surface area contributed by atoms with Gasteiger partial charge in [0.15, 0.2) is 0 Å². The number of furan rings is 1. The topological polar surface area (TPSA) is 70.3 Å². The molecule has 1 aromatic heterocycles. The Hall–Kier alpha value is -2.57. The van der Waals surface area contributed by atoms with Crippen LogP contribution in [0.5, 0.6) is 0 Å². The molecule has 1 aliphatic heterocycles. The van der Waals surface area contributed by atoms with E-state index in [0.29, 0.717) is 32.0 Å². The molecule has 0 radical (unpaired) electrons. The van der Waals surface area contributed by atoms with E-state index in [4.69, 9.17) is 4.42 Å². The number of Topliss-reactive ketones (excluding diaryl/α,β-unsaturated/α-hetero) is 1. The van der Waals surface area contributed by atoms with E-state index in [2.05, 4.69) is 15.9 Å². The molecule has 0 saturated heterocycles. The van der Waals surface area contributed by atoms with Crippen molar-refractivity contribution in [2.45, 2.75) is 4.90 Å². The standard InChI is InChI=1S/C20H11BrO4S/c21-11-5-7-13(15(9-11)20(23)24)16-8-6-12(25-16)10-18-19(22)14-3-1-2-4-17(14)26-18/h1-10H,(H,23,24)/p-1/b18-10-. The van der Waals surface area contributed by atoms with Crippen LogP contribution in [0.25, 0.3) is 17.4 Å². The molecule has 3 aromatic rings. The van der Waals surface area contributed by atoms with E-state index in [0.717, 1.165) is 4.90 Å². The van der Waals surface area contributed by atoms with Crippen molar-refractivity contribution in [2.75, 3.05) is 0 Å². The molecule has 2 heterocycles. The number of benzene rings is 2. The number of carbonyl (C=O) groups is 2. The van der Waals surface area contributed by atoms with Crippen LogP contribution in [0, 0.1) is 0 Å². The van der Waals surface area contributed by atoms with Crippen molar-refractivity contribution in [3.05, 3.63) is 80.9 Å². The number of aromatic carboxylic acids is 1. The second-order valence-corrected chi connectivity index (χ2v) is 7.61. The number of fused-ring (bicyclic) bond motifs is 1. The summed E-state index contributed by atoms with van der Waals surface area (Å²) < 4.78 is 6.40. The van der Waals surface area contributed by atoms with Gasteiger partial charge < -0.3 is 14.3 Å². The van der Waals surface area contributed by atoms with Crippen molar-refractivity contribution >= 4 is 45.5 Å². The summed E-state index contributed by atoms with van der Waals surface area (Å²) in [6.45, 7) is 0. The number of rotatable bonds is 3. The summed E-state index contributed by atoms with van der Waals surface area (Å²) in [5.74, 6) is -0.440. The summed E-state index contributed by atoms with van der Waals surface area (Å²) in [7, 11) is 0. The van der Waals surface area contributed by atoms with E-state index in [1.54, 1.807) is 36.4 Å². The minimum atomic E-state index is -1.28. The van der Waals surface area contributed by atoms with Crippen molar-refractivity contribution in [1.82, 2.24) is 0 Å². The summed E-state index contributed by atoms with van der Waals surface area (Å²) in [5.41, 5.74) is 1.14. The zero-order valence-corrected chi connectivity index (χ0v) is 15.6. The van der Waals surface area contributed by atoms with Gasteiger partial charge in [0.05, 0.1) is 10.9 Å². The number of carboxylic acid groups (broad SMARTS) is 1. The minimum Gasteiger partial charge on any atom is -0.545 e. The van der Waals surface area contributed by atoms with Crippen LogP contribution in [0.15, 0.2) is 73.3 Å². The largest absolute Gasteiger partial charge is 0.545 e. The zero-order chi connectivity index (χ0) is 18.3. The maximum atomic E-state index is 12.4. The van der Waals surface area contributed by atoms with Crippen molar-refractivity contribution in [2.24, 2.45) is 0 Å². The predicted molar refractivity (Wildman–Crippen MR) is 101 cm³/mol. The molecule has 0 spiro atoms. The molecule has 0 unspecified atom stereocenters. The molecular weight excluding hydrogens is 416 g/mol.